The maximum absolute atomic E-state index is 12.8. The van der Waals surface area contributed by atoms with Crippen LogP contribution in [0.3, 0.4) is 0 Å². The van der Waals surface area contributed by atoms with E-state index < -0.39 is 0 Å². The molecule has 0 atom stereocenters. The lowest BCUT2D eigenvalue weighted by Gasteiger charge is -2.35. The summed E-state index contributed by atoms with van der Waals surface area (Å²) >= 11 is 6.19. The van der Waals surface area contributed by atoms with Crippen LogP contribution in [0.15, 0.2) is 42.5 Å². The van der Waals surface area contributed by atoms with E-state index in [-0.39, 0.29) is 5.91 Å². The van der Waals surface area contributed by atoms with Crippen LogP contribution in [-0.2, 0) is 0 Å². The standard InChI is InChI=1S/C20H24ClN3O2/c1-3-26-19-7-5-4-6-16(19)20(25)22-17-14-15(21)8-9-18(17)24-12-10-23(2)11-13-24/h4-9,14H,3,10-13H2,1-2H3,(H,22,25). The molecular formula is C20H24ClN3O2. The van der Waals surface area contributed by atoms with Gasteiger partial charge in [-0.2, -0.15) is 0 Å². The van der Waals surface area contributed by atoms with Crippen molar-refractivity contribution in [3.8, 4) is 5.75 Å². The molecule has 138 valence electrons. The molecule has 0 aromatic heterocycles. The lowest BCUT2D eigenvalue weighted by Crippen LogP contribution is -2.44. The Balaban J connectivity index is 1.85. The maximum Gasteiger partial charge on any atom is 0.259 e. The first-order valence-electron chi connectivity index (χ1n) is 8.84. The van der Waals surface area contributed by atoms with Gasteiger partial charge in [-0.25, -0.2) is 0 Å². The van der Waals surface area contributed by atoms with Gasteiger partial charge in [-0.3, -0.25) is 4.79 Å². The molecule has 0 aliphatic carbocycles. The number of hydrogen-bond acceptors (Lipinski definition) is 4. The van der Waals surface area contributed by atoms with Crippen molar-refractivity contribution in [2.45, 2.75) is 6.92 Å². The minimum absolute atomic E-state index is 0.202. The molecule has 1 heterocycles. The molecule has 1 fully saturated rings. The molecule has 1 N–H and O–H groups in total. The largest absolute Gasteiger partial charge is 0.493 e. The number of halogens is 1. The number of hydrogen-bond donors (Lipinski definition) is 1. The predicted molar refractivity (Wildman–Crippen MR) is 107 cm³/mol. The van der Waals surface area contributed by atoms with E-state index in [9.17, 15) is 4.79 Å². The van der Waals surface area contributed by atoms with Gasteiger partial charge in [-0.1, -0.05) is 23.7 Å². The van der Waals surface area contributed by atoms with Gasteiger partial charge in [-0.05, 0) is 44.3 Å². The summed E-state index contributed by atoms with van der Waals surface area (Å²) in [5, 5.41) is 3.61. The number of para-hydroxylation sites is 1. The van der Waals surface area contributed by atoms with Crippen molar-refractivity contribution in [3.05, 3.63) is 53.1 Å². The van der Waals surface area contributed by atoms with Crippen LogP contribution in [0, 0.1) is 0 Å². The second-order valence-electron chi connectivity index (χ2n) is 6.34. The fourth-order valence-electron chi connectivity index (χ4n) is 3.06. The zero-order valence-corrected chi connectivity index (χ0v) is 15.9. The average Bonchev–Trinajstić information content (AvgIpc) is 2.63. The number of ether oxygens (including phenoxy) is 1. The number of amides is 1. The van der Waals surface area contributed by atoms with E-state index in [0.29, 0.717) is 22.9 Å². The molecule has 0 saturated carbocycles. The Bertz CT molecular complexity index is 773. The minimum atomic E-state index is -0.202. The number of carbonyl (C=O) groups excluding carboxylic acids is 1. The van der Waals surface area contributed by atoms with Crippen molar-refractivity contribution < 1.29 is 9.53 Å². The number of likely N-dealkylation sites (N-methyl/N-ethyl adjacent to an activating group) is 1. The molecule has 0 unspecified atom stereocenters. The fraction of sp³-hybridized carbons (Fsp3) is 0.350. The van der Waals surface area contributed by atoms with Crippen LogP contribution >= 0.6 is 11.6 Å². The van der Waals surface area contributed by atoms with Gasteiger partial charge in [0.1, 0.15) is 5.75 Å². The van der Waals surface area contributed by atoms with E-state index in [1.165, 1.54) is 0 Å². The first kappa shape index (κ1) is 18.5. The number of nitrogens with one attached hydrogen (secondary N) is 1. The molecule has 1 aliphatic heterocycles. The summed E-state index contributed by atoms with van der Waals surface area (Å²) < 4.78 is 5.58. The first-order valence-corrected chi connectivity index (χ1v) is 9.22. The summed E-state index contributed by atoms with van der Waals surface area (Å²) in [6.07, 6.45) is 0. The first-order chi connectivity index (χ1) is 12.6. The van der Waals surface area contributed by atoms with Crippen LogP contribution in [0.4, 0.5) is 11.4 Å². The van der Waals surface area contributed by atoms with Crippen LogP contribution in [0.1, 0.15) is 17.3 Å². The van der Waals surface area contributed by atoms with Crippen molar-refractivity contribution in [1.82, 2.24) is 4.90 Å². The van der Waals surface area contributed by atoms with Crippen molar-refractivity contribution in [2.24, 2.45) is 0 Å². The molecule has 5 nitrogen and oxygen atoms in total. The molecule has 2 aromatic carbocycles. The van der Waals surface area contributed by atoms with E-state index in [2.05, 4.69) is 22.2 Å². The van der Waals surface area contributed by atoms with Crippen molar-refractivity contribution in [3.63, 3.8) is 0 Å². The van der Waals surface area contributed by atoms with E-state index in [0.717, 1.165) is 37.6 Å². The summed E-state index contributed by atoms with van der Waals surface area (Å²) in [6, 6.07) is 12.9. The topological polar surface area (TPSA) is 44.8 Å². The lowest BCUT2D eigenvalue weighted by atomic mass is 10.1. The Labute approximate surface area is 159 Å². The highest BCUT2D eigenvalue weighted by atomic mass is 35.5. The number of anilines is 2. The third-order valence-electron chi connectivity index (χ3n) is 4.48. The smallest absolute Gasteiger partial charge is 0.259 e. The van der Waals surface area contributed by atoms with E-state index in [4.69, 9.17) is 16.3 Å². The van der Waals surface area contributed by atoms with Gasteiger partial charge >= 0.3 is 0 Å². The van der Waals surface area contributed by atoms with Gasteiger partial charge in [-0.15, -0.1) is 0 Å². The van der Waals surface area contributed by atoms with Gasteiger partial charge < -0.3 is 19.9 Å². The van der Waals surface area contributed by atoms with Gasteiger partial charge in [0, 0.05) is 31.2 Å². The van der Waals surface area contributed by atoms with Crippen LogP contribution < -0.4 is 15.0 Å². The molecule has 0 radical (unpaired) electrons. The number of rotatable bonds is 5. The third-order valence-corrected chi connectivity index (χ3v) is 4.72. The Morgan fingerprint density at radius 3 is 2.62 bits per heavy atom. The Morgan fingerprint density at radius 2 is 1.88 bits per heavy atom. The Kier molecular flexibility index (Phi) is 6.01. The highest BCUT2D eigenvalue weighted by Gasteiger charge is 2.20. The van der Waals surface area contributed by atoms with Crippen LogP contribution in [0.25, 0.3) is 0 Å². The summed E-state index contributed by atoms with van der Waals surface area (Å²) in [5.74, 6) is 0.377. The second-order valence-corrected chi connectivity index (χ2v) is 6.77. The Morgan fingerprint density at radius 1 is 1.15 bits per heavy atom. The number of piperazine rings is 1. The van der Waals surface area contributed by atoms with Gasteiger partial charge in [0.2, 0.25) is 0 Å². The van der Waals surface area contributed by atoms with Crippen molar-refractivity contribution in [2.75, 3.05) is 50.1 Å². The molecule has 3 rings (SSSR count). The predicted octanol–water partition coefficient (Wildman–Crippen LogP) is 3.74. The molecule has 0 spiro atoms. The summed E-state index contributed by atoms with van der Waals surface area (Å²) in [7, 11) is 2.12. The molecule has 0 bridgehead atoms. The molecule has 1 aliphatic rings. The minimum Gasteiger partial charge on any atom is -0.493 e. The third kappa shape index (κ3) is 4.29. The second kappa shape index (κ2) is 8.43. The van der Waals surface area contributed by atoms with E-state index in [1.54, 1.807) is 18.2 Å². The van der Waals surface area contributed by atoms with Gasteiger partial charge in [0.05, 0.1) is 23.5 Å². The molecule has 26 heavy (non-hydrogen) atoms. The molecular weight excluding hydrogens is 350 g/mol. The zero-order chi connectivity index (χ0) is 18.5. The molecule has 1 amide bonds. The summed E-state index contributed by atoms with van der Waals surface area (Å²) in [4.78, 5) is 17.4. The quantitative estimate of drug-likeness (QED) is 0.867. The zero-order valence-electron chi connectivity index (χ0n) is 15.2. The highest BCUT2D eigenvalue weighted by molar-refractivity contribution is 6.31. The van der Waals surface area contributed by atoms with E-state index >= 15 is 0 Å². The normalized spacial score (nSPS) is 15.0. The SMILES string of the molecule is CCOc1ccccc1C(=O)Nc1cc(Cl)ccc1N1CCN(C)CC1. The summed E-state index contributed by atoms with van der Waals surface area (Å²) in [5.41, 5.74) is 2.22. The molecule has 2 aromatic rings. The number of carbonyl (C=O) groups is 1. The summed E-state index contributed by atoms with van der Waals surface area (Å²) in [6.45, 7) is 6.21. The monoisotopic (exact) mass is 373 g/mol. The van der Waals surface area contributed by atoms with Crippen LogP contribution in [0.5, 0.6) is 5.75 Å². The maximum atomic E-state index is 12.8. The molecule has 1 saturated heterocycles. The highest BCUT2D eigenvalue weighted by Crippen LogP contribution is 2.31. The lowest BCUT2D eigenvalue weighted by molar-refractivity contribution is 0.102. The van der Waals surface area contributed by atoms with Gasteiger partial charge in [0.15, 0.2) is 0 Å². The van der Waals surface area contributed by atoms with Crippen molar-refractivity contribution in [1.29, 1.82) is 0 Å². The average molecular weight is 374 g/mol. The Hall–Kier alpha value is -2.24. The number of nitrogens with zero attached hydrogens (tertiary/aromatic N) is 2. The number of benzene rings is 2. The molecule has 6 heteroatoms. The van der Waals surface area contributed by atoms with Crippen LogP contribution in [0.2, 0.25) is 5.02 Å². The van der Waals surface area contributed by atoms with Crippen LogP contribution in [-0.4, -0.2) is 50.6 Å². The van der Waals surface area contributed by atoms with Crippen molar-refractivity contribution >= 4 is 28.9 Å². The van der Waals surface area contributed by atoms with Gasteiger partial charge in [0.25, 0.3) is 5.91 Å². The fourth-order valence-corrected chi connectivity index (χ4v) is 3.23. The van der Waals surface area contributed by atoms with E-state index in [1.807, 2.05) is 31.2 Å².